The second-order valence-corrected chi connectivity index (χ2v) is 9.15. The Hall–Kier alpha value is -4.36. The minimum atomic E-state index is -3.79. The van der Waals surface area contributed by atoms with Crippen LogP contribution in [0, 0.1) is 11.3 Å². The third kappa shape index (κ3) is 5.59. The molecule has 0 aliphatic rings. The van der Waals surface area contributed by atoms with Crippen molar-refractivity contribution in [3.63, 3.8) is 0 Å². The number of benzene rings is 3. The summed E-state index contributed by atoms with van der Waals surface area (Å²) in [5.74, 6) is 0.539. The predicted molar refractivity (Wildman–Crippen MR) is 129 cm³/mol. The third-order valence-corrected chi connectivity index (χ3v) is 6.47. The second kappa shape index (κ2) is 10.3. The Morgan fingerprint density at radius 2 is 1.83 bits per heavy atom. The molecule has 0 saturated heterocycles. The molecule has 0 unspecified atom stereocenters. The summed E-state index contributed by atoms with van der Waals surface area (Å²) >= 11 is 0. The van der Waals surface area contributed by atoms with E-state index in [9.17, 15) is 13.2 Å². The Kier molecular flexibility index (Phi) is 6.98. The standard InChI is InChI=1S/C25H22N4O5S/c1-2-33-25(30)16-29-23-14-19(28-35(31,32)21-6-4-3-5-7-21)10-13-22(23)27-24(29)17-34-20-11-8-18(15-26)9-12-20/h3-14,28H,2,16-17H2,1H3. The highest BCUT2D eigenvalue weighted by Gasteiger charge is 2.18. The van der Waals surface area contributed by atoms with Crippen molar-refractivity contribution in [2.45, 2.75) is 25.0 Å². The fraction of sp³-hybridized carbons (Fsp3) is 0.160. The van der Waals surface area contributed by atoms with E-state index in [4.69, 9.17) is 14.7 Å². The van der Waals surface area contributed by atoms with Gasteiger partial charge in [-0.1, -0.05) is 18.2 Å². The monoisotopic (exact) mass is 490 g/mol. The number of anilines is 1. The number of carbonyl (C=O) groups is 1. The number of sulfonamides is 1. The summed E-state index contributed by atoms with van der Waals surface area (Å²) in [6.07, 6.45) is 0. The minimum Gasteiger partial charge on any atom is -0.486 e. The molecule has 0 aliphatic carbocycles. The van der Waals surface area contributed by atoms with Gasteiger partial charge in [-0.2, -0.15) is 5.26 Å². The van der Waals surface area contributed by atoms with Crippen molar-refractivity contribution in [2.24, 2.45) is 0 Å². The minimum absolute atomic E-state index is 0.0467. The first kappa shape index (κ1) is 23.8. The summed E-state index contributed by atoms with van der Waals surface area (Å²) in [4.78, 5) is 17.0. The summed E-state index contributed by atoms with van der Waals surface area (Å²) in [6, 6.07) is 21.6. The number of ether oxygens (including phenoxy) is 2. The van der Waals surface area contributed by atoms with Crippen LogP contribution in [0.5, 0.6) is 5.75 Å². The van der Waals surface area contributed by atoms with Crippen LogP contribution in [0.1, 0.15) is 18.3 Å². The van der Waals surface area contributed by atoms with E-state index >= 15 is 0 Å². The molecule has 3 aromatic carbocycles. The molecular formula is C25H22N4O5S. The first-order valence-electron chi connectivity index (χ1n) is 10.7. The lowest BCUT2D eigenvalue weighted by atomic mass is 10.2. The molecule has 0 radical (unpaired) electrons. The van der Waals surface area contributed by atoms with Crippen LogP contribution in [-0.4, -0.2) is 30.5 Å². The number of rotatable bonds is 9. The van der Waals surface area contributed by atoms with Crippen LogP contribution < -0.4 is 9.46 Å². The van der Waals surface area contributed by atoms with Crippen LogP contribution in [-0.2, 0) is 32.7 Å². The van der Waals surface area contributed by atoms with Gasteiger partial charge in [0.25, 0.3) is 10.0 Å². The van der Waals surface area contributed by atoms with Crippen molar-refractivity contribution in [1.82, 2.24) is 9.55 Å². The van der Waals surface area contributed by atoms with E-state index in [0.29, 0.717) is 33.9 Å². The van der Waals surface area contributed by atoms with Gasteiger partial charge >= 0.3 is 5.97 Å². The van der Waals surface area contributed by atoms with Crippen LogP contribution in [0.3, 0.4) is 0 Å². The average molecular weight is 491 g/mol. The lowest BCUT2D eigenvalue weighted by Gasteiger charge is -2.11. The summed E-state index contributed by atoms with van der Waals surface area (Å²) < 4.78 is 40.6. The Morgan fingerprint density at radius 3 is 2.51 bits per heavy atom. The molecule has 0 spiro atoms. The maximum Gasteiger partial charge on any atom is 0.326 e. The van der Waals surface area contributed by atoms with Crippen molar-refractivity contribution in [2.75, 3.05) is 11.3 Å². The molecule has 1 N–H and O–H groups in total. The first-order valence-corrected chi connectivity index (χ1v) is 12.2. The number of hydrogen-bond acceptors (Lipinski definition) is 7. The van der Waals surface area contributed by atoms with Crippen molar-refractivity contribution < 1.29 is 22.7 Å². The van der Waals surface area contributed by atoms with Gasteiger partial charge in [0.15, 0.2) is 0 Å². The molecule has 35 heavy (non-hydrogen) atoms. The number of esters is 1. The summed E-state index contributed by atoms with van der Waals surface area (Å²) in [5.41, 5.74) is 1.95. The van der Waals surface area contributed by atoms with Crippen molar-refractivity contribution in [3.8, 4) is 11.8 Å². The number of carbonyl (C=O) groups excluding carboxylic acids is 1. The predicted octanol–water partition coefficient (Wildman–Crippen LogP) is 3.85. The quantitative estimate of drug-likeness (QED) is 0.354. The molecule has 0 atom stereocenters. The van der Waals surface area contributed by atoms with Crippen LogP contribution in [0.2, 0.25) is 0 Å². The number of fused-ring (bicyclic) bond motifs is 1. The Morgan fingerprint density at radius 1 is 1.09 bits per heavy atom. The molecule has 0 fully saturated rings. The normalized spacial score (nSPS) is 11.1. The Balaban J connectivity index is 1.65. The SMILES string of the molecule is CCOC(=O)Cn1c(COc2ccc(C#N)cc2)nc2ccc(NS(=O)(=O)c3ccccc3)cc21. The van der Waals surface area contributed by atoms with Gasteiger partial charge in [-0.15, -0.1) is 0 Å². The molecule has 178 valence electrons. The number of nitriles is 1. The molecule has 4 aromatic rings. The van der Waals surface area contributed by atoms with Crippen molar-refractivity contribution >= 4 is 32.7 Å². The van der Waals surface area contributed by atoms with E-state index in [1.54, 1.807) is 72.2 Å². The van der Waals surface area contributed by atoms with E-state index in [0.717, 1.165) is 0 Å². The highest BCUT2D eigenvalue weighted by Crippen LogP contribution is 2.24. The van der Waals surface area contributed by atoms with E-state index in [2.05, 4.69) is 9.71 Å². The molecule has 4 rings (SSSR count). The van der Waals surface area contributed by atoms with Crippen LogP contribution in [0.15, 0.2) is 77.7 Å². The van der Waals surface area contributed by atoms with Gasteiger partial charge in [0.1, 0.15) is 24.7 Å². The lowest BCUT2D eigenvalue weighted by Crippen LogP contribution is -2.17. The number of aromatic nitrogens is 2. The molecule has 0 bridgehead atoms. The van der Waals surface area contributed by atoms with Gasteiger partial charge in [0.05, 0.1) is 39.9 Å². The zero-order valence-electron chi connectivity index (χ0n) is 18.8. The first-order chi connectivity index (χ1) is 16.9. The number of nitrogens with zero attached hydrogens (tertiary/aromatic N) is 3. The fourth-order valence-corrected chi connectivity index (χ4v) is 4.52. The van der Waals surface area contributed by atoms with Gasteiger partial charge in [-0.3, -0.25) is 9.52 Å². The molecule has 0 saturated carbocycles. The molecular weight excluding hydrogens is 468 g/mol. The van der Waals surface area contributed by atoms with Crippen molar-refractivity contribution in [3.05, 3.63) is 84.2 Å². The largest absolute Gasteiger partial charge is 0.486 e. The number of hydrogen-bond donors (Lipinski definition) is 1. The van der Waals surface area contributed by atoms with Gasteiger partial charge in [-0.25, -0.2) is 13.4 Å². The molecule has 9 nitrogen and oxygen atoms in total. The van der Waals surface area contributed by atoms with Gasteiger partial charge < -0.3 is 14.0 Å². The van der Waals surface area contributed by atoms with Crippen molar-refractivity contribution in [1.29, 1.82) is 5.26 Å². The zero-order valence-corrected chi connectivity index (χ0v) is 19.7. The fourth-order valence-electron chi connectivity index (χ4n) is 3.45. The van der Waals surface area contributed by atoms with Gasteiger partial charge in [0.2, 0.25) is 0 Å². The topological polar surface area (TPSA) is 123 Å². The second-order valence-electron chi connectivity index (χ2n) is 7.47. The number of nitrogens with one attached hydrogen (secondary N) is 1. The summed E-state index contributed by atoms with van der Waals surface area (Å²) in [5, 5.41) is 8.95. The van der Waals surface area contributed by atoms with E-state index in [-0.39, 0.29) is 24.7 Å². The van der Waals surface area contributed by atoms with E-state index in [1.165, 1.54) is 12.1 Å². The lowest BCUT2D eigenvalue weighted by molar-refractivity contribution is -0.143. The number of imidazole rings is 1. The van der Waals surface area contributed by atoms with E-state index in [1.807, 2.05) is 6.07 Å². The molecule has 1 heterocycles. The third-order valence-electron chi connectivity index (χ3n) is 5.08. The summed E-state index contributed by atoms with van der Waals surface area (Å²) in [7, 11) is -3.79. The van der Waals surface area contributed by atoms with E-state index < -0.39 is 16.0 Å². The highest BCUT2D eigenvalue weighted by atomic mass is 32.2. The average Bonchev–Trinajstić information content (AvgIpc) is 3.20. The molecule has 1 aromatic heterocycles. The maximum absolute atomic E-state index is 12.7. The van der Waals surface area contributed by atoms with Crippen LogP contribution >= 0.6 is 0 Å². The summed E-state index contributed by atoms with van der Waals surface area (Å²) in [6.45, 7) is 1.87. The van der Waals surface area contributed by atoms with Gasteiger partial charge in [-0.05, 0) is 61.5 Å². The van der Waals surface area contributed by atoms with Crippen LogP contribution in [0.25, 0.3) is 11.0 Å². The smallest absolute Gasteiger partial charge is 0.326 e. The molecule has 0 amide bonds. The molecule has 0 aliphatic heterocycles. The van der Waals surface area contributed by atoms with Gasteiger partial charge in [0, 0.05) is 0 Å². The Labute approximate surface area is 202 Å². The molecule has 10 heteroatoms. The Bertz CT molecular complexity index is 1490. The van der Waals surface area contributed by atoms with Crippen LogP contribution in [0.4, 0.5) is 5.69 Å². The maximum atomic E-state index is 12.7. The highest BCUT2D eigenvalue weighted by molar-refractivity contribution is 7.92. The zero-order chi connectivity index (χ0) is 24.8.